The van der Waals surface area contributed by atoms with E-state index in [4.69, 9.17) is 0 Å². The molecule has 3 aromatic heterocycles. The number of amides is 1. The van der Waals surface area contributed by atoms with E-state index in [-0.39, 0.29) is 11.7 Å². The Morgan fingerprint density at radius 1 is 1.25 bits per heavy atom. The summed E-state index contributed by atoms with van der Waals surface area (Å²) in [5, 5.41) is 12.0. The van der Waals surface area contributed by atoms with Crippen LogP contribution in [-0.2, 0) is 25.3 Å². The lowest BCUT2D eigenvalue weighted by Gasteiger charge is -2.13. The van der Waals surface area contributed by atoms with Gasteiger partial charge in [-0.15, -0.1) is 22.0 Å². The number of rotatable bonds is 6. The first-order chi connectivity index (χ1) is 13.3. The van der Waals surface area contributed by atoms with Crippen molar-refractivity contribution >= 4 is 45.2 Å². The van der Waals surface area contributed by atoms with Crippen molar-refractivity contribution in [1.29, 1.82) is 0 Å². The van der Waals surface area contributed by atoms with Gasteiger partial charge in [-0.25, -0.2) is 9.78 Å². The van der Waals surface area contributed by atoms with Crippen molar-refractivity contribution in [2.24, 2.45) is 14.1 Å². The highest BCUT2D eigenvalue weighted by molar-refractivity contribution is 8.00. The Bertz CT molecular complexity index is 1160. The molecular weight excluding hydrogens is 400 g/mol. The summed E-state index contributed by atoms with van der Waals surface area (Å²) in [5.74, 6) is -0.143. The summed E-state index contributed by atoms with van der Waals surface area (Å²) in [7, 11) is 3.02. The molecule has 0 aliphatic rings. The maximum atomic E-state index is 12.8. The molecule has 0 saturated carbocycles. The van der Waals surface area contributed by atoms with E-state index >= 15 is 0 Å². The van der Waals surface area contributed by atoms with Crippen molar-refractivity contribution in [3.05, 3.63) is 37.6 Å². The van der Waals surface area contributed by atoms with Crippen molar-refractivity contribution in [2.45, 2.75) is 31.6 Å². The second-order valence-electron chi connectivity index (χ2n) is 6.23. The summed E-state index contributed by atoms with van der Waals surface area (Å²) in [6.45, 7) is 3.84. The summed E-state index contributed by atoms with van der Waals surface area (Å²) < 4.78 is 2.41. The third-order valence-electron chi connectivity index (χ3n) is 4.13. The van der Waals surface area contributed by atoms with Gasteiger partial charge in [0.05, 0.1) is 11.1 Å². The van der Waals surface area contributed by atoms with Gasteiger partial charge in [0.25, 0.3) is 5.56 Å². The van der Waals surface area contributed by atoms with E-state index in [1.165, 1.54) is 34.7 Å². The van der Waals surface area contributed by atoms with Gasteiger partial charge in [0, 0.05) is 25.2 Å². The zero-order valence-corrected chi connectivity index (χ0v) is 17.6. The monoisotopic (exact) mass is 420 g/mol. The number of anilines is 1. The van der Waals surface area contributed by atoms with Crippen LogP contribution in [0.5, 0.6) is 0 Å². The van der Waals surface area contributed by atoms with E-state index in [0.717, 1.165) is 21.6 Å². The molecule has 3 heterocycles. The van der Waals surface area contributed by atoms with Gasteiger partial charge < -0.3 is 0 Å². The molecule has 28 heavy (non-hydrogen) atoms. The number of aryl methyl sites for hydroxylation is 3. The Balaban J connectivity index is 2.00. The van der Waals surface area contributed by atoms with Crippen LogP contribution in [0.2, 0.25) is 0 Å². The van der Waals surface area contributed by atoms with Gasteiger partial charge in [0.15, 0.2) is 0 Å². The lowest BCUT2D eigenvalue weighted by atomic mass is 10.1. The Hall–Kier alpha value is -2.53. The predicted molar refractivity (Wildman–Crippen MR) is 110 cm³/mol. The zero-order valence-electron chi connectivity index (χ0n) is 16.0. The predicted octanol–water partition coefficient (Wildman–Crippen LogP) is 1.48. The average molecular weight is 421 g/mol. The number of hydrogen-bond acceptors (Lipinski definition) is 8. The van der Waals surface area contributed by atoms with E-state index < -0.39 is 11.2 Å². The van der Waals surface area contributed by atoms with Gasteiger partial charge in [0.2, 0.25) is 11.0 Å². The molecule has 3 aromatic rings. The zero-order chi connectivity index (χ0) is 20.4. The van der Waals surface area contributed by atoms with Crippen LogP contribution in [0.15, 0.2) is 20.7 Å². The number of carbonyl (C=O) groups is 1. The Morgan fingerprint density at radius 2 is 2.00 bits per heavy atom. The van der Waals surface area contributed by atoms with E-state index in [1.54, 1.807) is 13.2 Å². The number of nitrogens with zero attached hydrogens (tertiary/aromatic N) is 5. The molecule has 0 bridgehead atoms. The molecule has 0 aromatic carbocycles. The van der Waals surface area contributed by atoms with Crippen molar-refractivity contribution in [3.8, 4) is 0 Å². The first-order valence-electron chi connectivity index (χ1n) is 8.63. The number of fused-ring (bicyclic) bond motifs is 1. The standard InChI is InChI=1S/C17H20N6O3S2/c1-5-6-10-7-18-14-12(15(25)23(4)17(26)22(14)3)13(10)27-8-11(24)19-16-21-20-9(2)28-16/h7H,5-6,8H2,1-4H3,(H,19,21,24). The number of hydrogen-bond donors (Lipinski definition) is 1. The summed E-state index contributed by atoms with van der Waals surface area (Å²) in [4.78, 5) is 42.3. The Morgan fingerprint density at radius 3 is 2.64 bits per heavy atom. The molecule has 0 saturated heterocycles. The molecule has 0 fully saturated rings. The molecule has 0 unspecified atom stereocenters. The smallest absolute Gasteiger partial charge is 0.300 e. The van der Waals surface area contributed by atoms with Crippen LogP contribution in [-0.4, -0.2) is 36.0 Å². The minimum Gasteiger partial charge on any atom is -0.300 e. The molecular formula is C17H20N6O3S2. The van der Waals surface area contributed by atoms with Crippen LogP contribution in [0.25, 0.3) is 11.0 Å². The van der Waals surface area contributed by atoms with Crippen LogP contribution in [0, 0.1) is 6.92 Å². The van der Waals surface area contributed by atoms with Gasteiger partial charge in [0.1, 0.15) is 10.7 Å². The summed E-state index contributed by atoms with van der Waals surface area (Å²) in [6, 6.07) is 0. The summed E-state index contributed by atoms with van der Waals surface area (Å²) in [6.07, 6.45) is 3.26. The van der Waals surface area contributed by atoms with Crippen molar-refractivity contribution in [1.82, 2.24) is 24.3 Å². The molecule has 0 spiro atoms. The maximum Gasteiger partial charge on any atom is 0.332 e. The van der Waals surface area contributed by atoms with E-state index in [2.05, 4.69) is 20.5 Å². The van der Waals surface area contributed by atoms with Crippen LogP contribution in [0.1, 0.15) is 23.9 Å². The molecule has 11 heteroatoms. The number of nitrogens with one attached hydrogen (secondary N) is 1. The Labute approximate surface area is 168 Å². The third-order valence-corrected chi connectivity index (χ3v) is 6.05. The SMILES string of the molecule is CCCc1cnc2c(c1SCC(=O)Nc1nnc(C)s1)c(=O)n(C)c(=O)n2C. The highest BCUT2D eigenvalue weighted by Crippen LogP contribution is 2.29. The fraction of sp³-hybridized carbons (Fsp3) is 0.412. The molecule has 1 N–H and O–H groups in total. The first-order valence-corrected chi connectivity index (χ1v) is 10.4. The first kappa shape index (κ1) is 20.2. The minimum absolute atomic E-state index is 0.0977. The molecule has 0 atom stereocenters. The average Bonchev–Trinajstić information content (AvgIpc) is 3.08. The quantitative estimate of drug-likeness (QED) is 0.601. The molecule has 3 rings (SSSR count). The normalized spacial score (nSPS) is 11.1. The highest BCUT2D eigenvalue weighted by atomic mass is 32.2. The number of thioether (sulfide) groups is 1. The van der Waals surface area contributed by atoms with Crippen molar-refractivity contribution in [2.75, 3.05) is 11.1 Å². The van der Waals surface area contributed by atoms with Crippen LogP contribution < -0.4 is 16.6 Å². The number of carbonyl (C=O) groups excluding carboxylic acids is 1. The van der Waals surface area contributed by atoms with Gasteiger partial charge in [-0.1, -0.05) is 24.7 Å². The molecule has 0 radical (unpaired) electrons. The van der Waals surface area contributed by atoms with Crippen LogP contribution in [0.3, 0.4) is 0 Å². The third kappa shape index (κ3) is 3.85. The minimum atomic E-state index is -0.437. The van der Waals surface area contributed by atoms with Crippen molar-refractivity contribution in [3.63, 3.8) is 0 Å². The second kappa shape index (κ2) is 8.23. The van der Waals surface area contributed by atoms with Gasteiger partial charge in [-0.3, -0.25) is 24.0 Å². The second-order valence-corrected chi connectivity index (χ2v) is 8.40. The summed E-state index contributed by atoms with van der Waals surface area (Å²) in [5.41, 5.74) is 0.353. The van der Waals surface area contributed by atoms with Crippen molar-refractivity contribution < 1.29 is 4.79 Å². The fourth-order valence-corrected chi connectivity index (χ4v) is 4.41. The van der Waals surface area contributed by atoms with Crippen LogP contribution in [0.4, 0.5) is 5.13 Å². The van der Waals surface area contributed by atoms with Gasteiger partial charge in [-0.05, 0) is 18.9 Å². The topological polar surface area (TPSA) is 112 Å². The van der Waals surface area contributed by atoms with Gasteiger partial charge >= 0.3 is 5.69 Å². The Kier molecular flexibility index (Phi) is 5.94. The summed E-state index contributed by atoms with van der Waals surface area (Å²) >= 11 is 2.56. The van der Waals surface area contributed by atoms with Gasteiger partial charge in [-0.2, -0.15) is 0 Å². The maximum absolute atomic E-state index is 12.8. The van der Waals surface area contributed by atoms with E-state index in [1.807, 2.05) is 13.8 Å². The number of aromatic nitrogens is 5. The lowest BCUT2D eigenvalue weighted by molar-refractivity contribution is -0.113. The molecule has 0 aliphatic heterocycles. The molecule has 148 valence electrons. The highest BCUT2D eigenvalue weighted by Gasteiger charge is 2.18. The number of pyridine rings is 1. The van der Waals surface area contributed by atoms with E-state index in [9.17, 15) is 14.4 Å². The molecule has 1 amide bonds. The van der Waals surface area contributed by atoms with Crippen LogP contribution >= 0.6 is 23.1 Å². The largest absolute Gasteiger partial charge is 0.332 e. The molecule has 0 aliphatic carbocycles. The lowest BCUT2D eigenvalue weighted by Crippen LogP contribution is -2.37. The fourth-order valence-electron chi connectivity index (χ4n) is 2.79. The molecule has 9 nitrogen and oxygen atoms in total. The van der Waals surface area contributed by atoms with E-state index in [0.29, 0.717) is 27.5 Å².